The molecule has 3 aromatic carbocycles. The number of aryl methyl sites for hydroxylation is 1. The zero-order chi connectivity index (χ0) is 26.4. The van der Waals surface area contributed by atoms with Gasteiger partial charge in [0.25, 0.3) is 0 Å². The summed E-state index contributed by atoms with van der Waals surface area (Å²) in [6.07, 6.45) is 1.29. The molecule has 2 aliphatic rings. The van der Waals surface area contributed by atoms with Crippen LogP contribution in [0.4, 0.5) is 4.39 Å². The van der Waals surface area contributed by atoms with Crippen LogP contribution in [0.3, 0.4) is 0 Å². The molecule has 0 saturated carbocycles. The topological polar surface area (TPSA) is 68.8 Å². The number of carbonyl (C=O) groups excluding carboxylic acids is 1. The van der Waals surface area contributed by atoms with Gasteiger partial charge in [-0.2, -0.15) is 0 Å². The lowest BCUT2D eigenvalue weighted by Gasteiger charge is -2.50. The second-order valence-electron chi connectivity index (χ2n) is 10.3. The van der Waals surface area contributed by atoms with Crippen LogP contribution in [0.5, 0.6) is 17.2 Å². The van der Waals surface area contributed by atoms with Crippen LogP contribution in [-0.4, -0.2) is 29.5 Å². The van der Waals surface area contributed by atoms with Crippen molar-refractivity contribution in [1.29, 1.82) is 0 Å². The van der Waals surface area contributed by atoms with Crippen molar-refractivity contribution in [2.45, 2.75) is 50.8 Å². The second kappa shape index (κ2) is 9.34. The van der Waals surface area contributed by atoms with E-state index in [0.29, 0.717) is 23.7 Å². The molecule has 3 aromatic rings. The number of hydrogen-bond acceptors (Lipinski definition) is 5. The zero-order valence-electron chi connectivity index (χ0n) is 21.2. The Hall–Kier alpha value is -3.65. The van der Waals surface area contributed by atoms with E-state index in [1.807, 2.05) is 19.1 Å². The zero-order valence-corrected chi connectivity index (χ0v) is 22.0. The molecule has 0 radical (unpaired) electrons. The fourth-order valence-corrected chi connectivity index (χ4v) is 5.91. The third kappa shape index (κ3) is 4.98. The van der Waals surface area contributed by atoms with Crippen LogP contribution in [0.25, 0.3) is 0 Å². The molecule has 2 heterocycles. The van der Waals surface area contributed by atoms with E-state index in [4.69, 9.17) is 26.4 Å². The highest BCUT2D eigenvalue weighted by Crippen LogP contribution is 2.49. The molecular weight excluding hydrogens is 491 g/mol. The lowest BCUT2D eigenvalue weighted by molar-refractivity contribution is -0.0129. The monoisotopic (exact) mass is 520 g/mol. The summed E-state index contributed by atoms with van der Waals surface area (Å²) in [4.78, 5) is 12.7. The minimum atomic E-state index is -0.774. The molecule has 2 aliphatic heterocycles. The fraction of sp³-hybridized carbons (Fsp3) is 0.310. The SMILES string of the molecule is COc1ccc([C@H]2C[C@@]3(CC(C)(C)NC(=S)N3)Oc3cc(OC(=O)c4ccccc4F)cc(C)c32)cc1. The number of benzene rings is 3. The van der Waals surface area contributed by atoms with Gasteiger partial charge in [-0.05, 0) is 74.4 Å². The summed E-state index contributed by atoms with van der Waals surface area (Å²) in [6, 6.07) is 17.3. The third-order valence-electron chi connectivity index (χ3n) is 6.85. The van der Waals surface area contributed by atoms with Gasteiger partial charge in [0.2, 0.25) is 0 Å². The maximum Gasteiger partial charge on any atom is 0.346 e. The molecule has 5 rings (SSSR count). The first-order chi connectivity index (χ1) is 17.6. The Kier molecular flexibility index (Phi) is 6.31. The van der Waals surface area contributed by atoms with Gasteiger partial charge < -0.3 is 24.8 Å². The van der Waals surface area contributed by atoms with Crippen LogP contribution >= 0.6 is 12.2 Å². The summed E-state index contributed by atoms with van der Waals surface area (Å²) in [5.41, 5.74) is 1.82. The number of fused-ring (bicyclic) bond motifs is 1. The molecule has 192 valence electrons. The molecule has 0 aliphatic carbocycles. The Morgan fingerprint density at radius 1 is 1.08 bits per heavy atom. The Morgan fingerprint density at radius 2 is 1.81 bits per heavy atom. The quantitative estimate of drug-likeness (QED) is 0.263. The van der Waals surface area contributed by atoms with Crippen LogP contribution in [0, 0.1) is 12.7 Å². The van der Waals surface area contributed by atoms with Crippen LogP contribution in [0.2, 0.25) is 0 Å². The number of ether oxygens (including phenoxy) is 3. The molecule has 0 aromatic heterocycles. The maximum atomic E-state index is 14.2. The molecule has 0 bridgehead atoms. The van der Waals surface area contributed by atoms with E-state index in [-0.39, 0.29) is 22.8 Å². The molecule has 1 fully saturated rings. The van der Waals surface area contributed by atoms with E-state index in [1.165, 1.54) is 18.2 Å². The Labute approximate surface area is 221 Å². The molecule has 2 atom stereocenters. The number of methoxy groups -OCH3 is 1. The van der Waals surface area contributed by atoms with Crippen molar-refractivity contribution in [3.05, 3.63) is 88.7 Å². The van der Waals surface area contributed by atoms with E-state index in [2.05, 4.69) is 36.6 Å². The van der Waals surface area contributed by atoms with Gasteiger partial charge in [0, 0.05) is 35.9 Å². The fourth-order valence-electron chi connectivity index (χ4n) is 5.45. The lowest BCUT2D eigenvalue weighted by atomic mass is 9.76. The average Bonchev–Trinajstić information content (AvgIpc) is 2.82. The number of nitrogens with one attached hydrogen (secondary N) is 2. The van der Waals surface area contributed by atoms with Crippen molar-refractivity contribution < 1.29 is 23.4 Å². The molecule has 8 heteroatoms. The minimum absolute atomic E-state index is 0.0184. The van der Waals surface area contributed by atoms with Crippen molar-refractivity contribution >= 4 is 23.3 Å². The van der Waals surface area contributed by atoms with Crippen LogP contribution in [0.1, 0.15) is 59.7 Å². The number of rotatable bonds is 4. The molecule has 0 unspecified atom stereocenters. The first kappa shape index (κ1) is 25.0. The average molecular weight is 521 g/mol. The van der Waals surface area contributed by atoms with E-state index < -0.39 is 17.5 Å². The normalized spacial score (nSPS) is 21.8. The van der Waals surface area contributed by atoms with E-state index in [9.17, 15) is 9.18 Å². The van der Waals surface area contributed by atoms with E-state index in [0.717, 1.165) is 22.4 Å². The van der Waals surface area contributed by atoms with Crippen molar-refractivity contribution in [3.63, 3.8) is 0 Å². The maximum absolute atomic E-state index is 14.2. The van der Waals surface area contributed by atoms with Gasteiger partial charge in [0.15, 0.2) is 10.8 Å². The van der Waals surface area contributed by atoms with Crippen LogP contribution in [0.15, 0.2) is 60.7 Å². The molecule has 1 saturated heterocycles. The Morgan fingerprint density at radius 3 is 2.49 bits per heavy atom. The number of thiocarbonyl (C=S) groups is 1. The number of hydrogen-bond donors (Lipinski definition) is 2. The van der Waals surface area contributed by atoms with Gasteiger partial charge in [-0.15, -0.1) is 0 Å². The predicted octanol–water partition coefficient (Wildman–Crippen LogP) is 5.62. The van der Waals surface area contributed by atoms with Gasteiger partial charge in [-0.1, -0.05) is 24.3 Å². The highest BCUT2D eigenvalue weighted by atomic mass is 32.1. The summed E-state index contributed by atoms with van der Waals surface area (Å²) < 4.78 is 31.8. The molecule has 0 amide bonds. The predicted molar refractivity (Wildman–Crippen MR) is 143 cm³/mol. The summed E-state index contributed by atoms with van der Waals surface area (Å²) >= 11 is 5.55. The first-order valence-corrected chi connectivity index (χ1v) is 12.5. The molecule has 6 nitrogen and oxygen atoms in total. The van der Waals surface area contributed by atoms with Gasteiger partial charge in [0.1, 0.15) is 23.1 Å². The summed E-state index contributed by atoms with van der Waals surface area (Å²) in [5.74, 6) is 0.237. The van der Waals surface area contributed by atoms with Gasteiger partial charge in [-0.3, -0.25) is 0 Å². The second-order valence-corrected chi connectivity index (χ2v) is 10.7. The molecule has 37 heavy (non-hydrogen) atoms. The highest BCUT2D eigenvalue weighted by molar-refractivity contribution is 7.80. The number of carbonyl (C=O) groups is 1. The van der Waals surface area contributed by atoms with Crippen LogP contribution < -0.4 is 24.8 Å². The van der Waals surface area contributed by atoms with E-state index >= 15 is 0 Å². The Balaban J connectivity index is 1.57. The van der Waals surface area contributed by atoms with Crippen molar-refractivity contribution in [2.75, 3.05) is 7.11 Å². The van der Waals surface area contributed by atoms with Crippen molar-refractivity contribution in [3.8, 4) is 17.2 Å². The highest BCUT2D eigenvalue weighted by Gasteiger charge is 2.49. The van der Waals surface area contributed by atoms with Gasteiger partial charge >= 0.3 is 5.97 Å². The smallest absolute Gasteiger partial charge is 0.346 e. The summed E-state index contributed by atoms with van der Waals surface area (Å²) in [5, 5.41) is 7.21. The van der Waals surface area contributed by atoms with Gasteiger partial charge in [-0.25, -0.2) is 9.18 Å². The lowest BCUT2D eigenvalue weighted by Crippen LogP contribution is -2.69. The Bertz CT molecular complexity index is 1370. The molecular formula is C29H29FN2O4S. The molecule has 2 N–H and O–H groups in total. The standard InChI is InChI=1S/C29H29FN2O4S/c1-17-13-20(35-26(33)21-7-5-6-8-23(21)30)14-24-25(17)22(18-9-11-19(34-4)12-10-18)15-29(36-24)16-28(2,3)31-27(37)32-29/h5-14,22H,15-16H2,1-4H3,(H2,31,32,37)/t22-,29+/m1/s1. The first-order valence-electron chi connectivity index (χ1n) is 12.1. The summed E-state index contributed by atoms with van der Waals surface area (Å²) in [7, 11) is 1.64. The number of esters is 1. The van der Waals surface area contributed by atoms with Crippen molar-refractivity contribution in [2.24, 2.45) is 0 Å². The van der Waals surface area contributed by atoms with Gasteiger partial charge in [0.05, 0.1) is 12.7 Å². The minimum Gasteiger partial charge on any atom is -0.497 e. The molecule has 1 spiro atoms. The van der Waals surface area contributed by atoms with Crippen molar-refractivity contribution in [1.82, 2.24) is 10.6 Å². The third-order valence-corrected chi connectivity index (χ3v) is 7.06. The summed E-state index contributed by atoms with van der Waals surface area (Å²) in [6.45, 7) is 6.13. The number of halogens is 1. The largest absolute Gasteiger partial charge is 0.497 e. The van der Waals surface area contributed by atoms with E-state index in [1.54, 1.807) is 25.3 Å². The van der Waals surface area contributed by atoms with Crippen LogP contribution in [-0.2, 0) is 0 Å².